The van der Waals surface area contributed by atoms with Crippen molar-refractivity contribution in [2.75, 3.05) is 19.5 Å². The minimum atomic E-state index is -0.521. The Kier molecular flexibility index (Phi) is 6.55. The molecule has 2 aromatic carbocycles. The predicted octanol–water partition coefficient (Wildman–Crippen LogP) is 5.60. The molecule has 1 atom stereocenters. The number of methoxy groups -OCH3 is 2. The number of anilines is 1. The molecule has 33 heavy (non-hydrogen) atoms. The zero-order chi connectivity index (χ0) is 23.4. The number of hydrogen-bond acceptors (Lipinski definition) is 7. The minimum Gasteiger partial charge on any atom is -0.497 e. The number of thiophene rings is 1. The van der Waals surface area contributed by atoms with Gasteiger partial charge in [-0.1, -0.05) is 42.4 Å². The van der Waals surface area contributed by atoms with Crippen molar-refractivity contribution in [2.45, 2.75) is 12.8 Å². The van der Waals surface area contributed by atoms with Crippen molar-refractivity contribution in [3.05, 3.63) is 88.4 Å². The summed E-state index contributed by atoms with van der Waals surface area (Å²) in [4.78, 5) is 26.2. The number of ether oxygens (including phenoxy) is 2. The molecule has 1 N–H and O–H groups in total. The number of carbonyl (C=O) groups excluding carboxylic acids is 2. The van der Waals surface area contributed by atoms with Crippen LogP contribution in [0.3, 0.4) is 0 Å². The summed E-state index contributed by atoms with van der Waals surface area (Å²) < 4.78 is 15.4. The standard InChI is InChI=1S/C25H22N2O5S/c1-15(16-7-5-4-6-8-16)22-13-19(25(29)31-3)24(33-22)26-23(28)20-14-21(32-27-20)17-9-11-18(30-2)12-10-17/h4-15H,1-3H3,(H,26,28). The lowest BCUT2D eigenvalue weighted by Crippen LogP contribution is -2.14. The van der Waals surface area contributed by atoms with Crippen molar-refractivity contribution < 1.29 is 23.6 Å². The average molecular weight is 463 g/mol. The summed E-state index contributed by atoms with van der Waals surface area (Å²) in [5.74, 6) is 0.195. The molecule has 7 nitrogen and oxygen atoms in total. The van der Waals surface area contributed by atoms with Crippen LogP contribution in [0, 0.1) is 0 Å². The highest BCUT2D eigenvalue weighted by Gasteiger charge is 2.23. The van der Waals surface area contributed by atoms with E-state index in [1.807, 2.05) is 49.4 Å². The van der Waals surface area contributed by atoms with Gasteiger partial charge >= 0.3 is 5.97 Å². The molecule has 0 aliphatic rings. The lowest BCUT2D eigenvalue weighted by Gasteiger charge is -2.08. The molecular weight excluding hydrogens is 440 g/mol. The molecule has 8 heteroatoms. The zero-order valence-corrected chi connectivity index (χ0v) is 19.1. The van der Waals surface area contributed by atoms with Crippen molar-refractivity contribution >= 4 is 28.2 Å². The number of rotatable bonds is 7. The first-order chi connectivity index (χ1) is 16.0. The van der Waals surface area contributed by atoms with Crippen LogP contribution in [0.2, 0.25) is 0 Å². The molecule has 0 saturated heterocycles. The van der Waals surface area contributed by atoms with Crippen LogP contribution in [-0.4, -0.2) is 31.3 Å². The van der Waals surface area contributed by atoms with Crippen LogP contribution in [-0.2, 0) is 4.74 Å². The molecule has 4 rings (SSSR count). The number of amides is 1. The van der Waals surface area contributed by atoms with Crippen LogP contribution >= 0.6 is 11.3 Å². The molecule has 0 radical (unpaired) electrons. The SMILES string of the molecule is COC(=O)c1cc(C(C)c2ccccc2)sc1NC(=O)c1cc(-c2ccc(OC)cc2)on1. The fourth-order valence-electron chi connectivity index (χ4n) is 3.32. The molecule has 0 bridgehead atoms. The highest BCUT2D eigenvalue weighted by Crippen LogP contribution is 2.36. The quantitative estimate of drug-likeness (QED) is 0.360. The number of esters is 1. The Labute approximate surface area is 194 Å². The van der Waals surface area contributed by atoms with Crippen molar-refractivity contribution in [1.82, 2.24) is 5.16 Å². The Hall–Kier alpha value is -3.91. The molecule has 4 aromatic rings. The second kappa shape index (κ2) is 9.70. The summed E-state index contributed by atoms with van der Waals surface area (Å²) in [6.07, 6.45) is 0. The van der Waals surface area contributed by atoms with Gasteiger partial charge in [0.1, 0.15) is 10.8 Å². The highest BCUT2D eigenvalue weighted by atomic mass is 32.1. The van der Waals surface area contributed by atoms with Crippen LogP contribution in [0.4, 0.5) is 5.00 Å². The molecule has 2 aromatic heterocycles. The second-order valence-electron chi connectivity index (χ2n) is 7.27. The van der Waals surface area contributed by atoms with Gasteiger partial charge in [0.15, 0.2) is 11.5 Å². The first-order valence-corrected chi connectivity index (χ1v) is 11.0. The molecule has 0 aliphatic carbocycles. The van der Waals surface area contributed by atoms with Gasteiger partial charge in [-0.25, -0.2) is 4.79 Å². The van der Waals surface area contributed by atoms with Gasteiger partial charge in [-0.3, -0.25) is 4.79 Å². The van der Waals surface area contributed by atoms with Gasteiger partial charge in [-0.15, -0.1) is 11.3 Å². The monoisotopic (exact) mass is 462 g/mol. The predicted molar refractivity (Wildman–Crippen MR) is 126 cm³/mol. The van der Waals surface area contributed by atoms with Crippen LogP contribution in [0.1, 0.15) is 44.1 Å². The third-order valence-corrected chi connectivity index (χ3v) is 6.46. The number of hydrogen-bond donors (Lipinski definition) is 1. The van der Waals surface area contributed by atoms with Gasteiger partial charge in [0, 0.05) is 22.4 Å². The van der Waals surface area contributed by atoms with Crippen LogP contribution in [0.5, 0.6) is 5.75 Å². The zero-order valence-electron chi connectivity index (χ0n) is 18.3. The average Bonchev–Trinajstić information content (AvgIpc) is 3.52. The Morgan fingerprint density at radius 3 is 2.42 bits per heavy atom. The molecular formula is C25H22N2O5S. The van der Waals surface area contributed by atoms with E-state index >= 15 is 0 Å². The summed E-state index contributed by atoms with van der Waals surface area (Å²) in [5.41, 5.74) is 2.26. The summed E-state index contributed by atoms with van der Waals surface area (Å²) >= 11 is 1.33. The Balaban J connectivity index is 1.57. The van der Waals surface area contributed by atoms with E-state index in [1.54, 1.807) is 31.4 Å². The van der Waals surface area contributed by atoms with Crippen molar-refractivity contribution in [2.24, 2.45) is 0 Å². The Bertz CT molecular complexity index is 1260. The lowest BCUT2D eigenvalue weighted by molar-refractivity contribution is 0.0602. The number of nitrogens with zero attached hydrogens (tertiary/aromatic N) is 1. The van der Waals surface area contributed by atoms with Crippen LogP contribution in [0.15, 0.2) is 71.3 Å². The smallest absolute Gasteiger partial charge is 0.340 e. The van der Waals surface area contributed by atoms with E-state index in [9.17, 15) is 9.59 Å². The third kappa shape index (κ3) is 4.80. The van der Waals surface area contributed by atoms with Gasteiger partial charge in [0.2, 0.25) is 0 Å². The van der Waals surface area contributed by atoms with E-state index in [1.165, 1.54) is 18.4 Å². The number of carbonyl (C=O) groups is 2. The largest absolute Gasteiger partial charge is 0.497 e. The van der Waals surface area contributed by atoms with E-state index in [0.717, 1.165) is 16.0 Å². The van der Waals surface area contributed by atoms with Gasteiger partial charge in [0.05, 0.1) is 19.8 Å². The Morgan fingerprint density at radius 2 is 1.76 bits per heavy atom. The fraction of sp³-hybridized carbons (Fsp3) is 0.160. The van der Waals surface area contributed by atoms with Gasteiger partial charge in [-0.2, -0.15) is 0 Å². The van der Waals surface area contributed by atoms with Crippen LogP contribution < -0.4 is 10.1 Å². The molecule has 0 aliphatic heterocycles. The molecule has 2 heterocycles. The summed E-state index contributed by atoms with van der Waals surface area (Å²) in [5, 5.41) is 7.08. The second-order valence-corrected chi connectivity index (χ2v) is 8.36. The first kappa shape index (κ1) is 22.3. The Morgan fingerprint density at radius 1 is 1.03 bits per heavy atom. The molecule has 168 valence electrons. The fourth-order valence-corrected chi connectivity index (χ4v) is 4.45. The number of aromatic nitrogens is 1. The van der Waals surface area contributed by atoms with Crippen molar-refractivity contribution in [3.8, 4) is 17.1 Å². The van der Waals surface area contributed by atoms with E-state index in [-0.39, 0.29) is 11.6 Å². The first-order valence-electron chi connectivity index (χ1n) is 10.2. The summed E-state index contributed by atoms with van der Waals surface area (Å²) in [6.45, 7) is 2.05. The minimum absolute atomic E-state index is 0.0407. The maximum Gasteiger partial charge on any atom is 0.340 e. The van der Waals surface area contributed by atoms with E-state index in [4.69, 9.17) is 14.0 Å². The van der Waals surface area contributed by atoms with Gasteiger partial charge in [0.25, 0.3) is 5.91 Å². The summed E-state index contributed by atoms with van der Waals surface area (Å²) in [7, 11) is 2.90. The maximum atomic E-state index is 12.9. The van der Waals surface area contributed by atoms with E-state index in [2.05, 4.69) is 10.5 Å². The lowest BCUT2D eigenvalue weighted by atomic mass is 9.99. The molecule has 0 spiro atoms. The number of nitrogens with one attached hydrogen (secondary N) is 1. The summed E-state index contributed by atoms with van der Waals surface area (Å²) in [6, 6.07) is 20.5. The topological polar surface area (TPSA) is 90.7 Å². The van der Waals surface area contributed by atoms with Gasteiger partial charge in [-0.05, 0) is 35.9 Å². The number of benzene rings is 2. The molecule has 0 fully saturated rings. The normalized spacial score (nSPS) is 11.6. The van der Waals surface area contributed by atoms with Crippen molar-refractivity contribution in [3.63, 3.8) is 0 Å². The molecule has 0 saturated carbocycles. The van der Waals surface area contributed by atoms with E-state index in [0.29, 0.717) is 22.1 Å². The maximum absolute atomic E-state index is 12.9. The molecule has 1 amide bonds. The van der Waals surface area contributed by atoms with Gasteiger partial charge < -0.3 is 19.3 Å². The van der Waals surface area contributed by atoms with Crippen LogP contribution in [0.25, 0.3) is 11.3 Å². The van der Waals surface area contributed by atoms with E-state index < -0.39 is 11.9 Å². The van der Waals surface area contributed by atoms with Crippen molar-refractivity contribution in [1.29, 1.82) is 0 Å². The molecule has 1 unspecified atom stereocenters. The highest BCUT2D eigenvalue weighted by molar-refractivity contribution is 7.16. The third-order valence-electron chi connectivity index (χ3n) is 5.23.